The van der Waals surface area contributed by atoms with Crippen LogP contribution in [0.4, 0.5) is 0 Å². The molecule has 1 unspecified atom stereocenters. The number of hydrogen-bond acceptors (Lipinski definition) is 2. The van der Waals surface area contributed by atoms with Crippen molar-refractivity contribution >= 4 is 5.91 Å². The monoisotopic (exact) mass is 113 g/mol. The molecule has 1 N–H and O–H groups in total. The van der Waals surface area contributed by atoms with Crippen LogP contribution in [0.25, 0.3) is 0 Å². The average molecular weight is 113 g/mol. The summed E-state index contributed by atoms with van der Waals surface area (Å²) < 4.78 is 4.72. The highest BCUT2D eigenvalue weighted by Gasteiger charge is 2.16. The summed E-state index contributed by atoms with van der Waals surface area (Å²) in [6, 6.07) is 0. The van der Waals surface area contributed by atoms with Crippen LogP contribution in [-0.4, -0.2) is 19.1 Å². The molecule has 0 saturated carbocycles. The Labute approximate surface area is 47.3 Å². The van der Waals surface area contributed by atoms with Crippen LogP contribution in [0, 0.1) is 0 Å². The Morgan fingerprint density at radius 3 is 2.88 bits per heavy atom. The molecule has 0 aromatic heterocycles. The van der Waals surface area contributed by atoms with Crippen molar-refractivity contribution < 1.29 is 9.53 Å². The predicted molar refractivity (Wildman–Crippen MR) is 28.1 cm³/mol. The first-order valence-electron chi connectivity index (χ1n) is 2.34. The average Bonchev–Trinajstić information content (AvgIpc) is 2.14. The van der Waals surface area contributed by atoms with Crippen LogP contribution in [0.3, 0.4) is 0 Å². The lowest BCUT2D eigenvalue weighted by Gasteiger charge is -1.99. The van der Waals surface area contributed by atoms with Crippen molar-refractivity contribution in [3.8, 4) is 0 Å². The first kappa shape index (κ1) is 5.31. The number of ether oxygens (including phenoxy) is 1. The highest BCUT2D eigenvalue weighted by molar-refractivity contribution is 5.86. The minimum atomic E-state index is -0.366. The van der Waals surface area contributed by atoms with Crippen LogP contribution in [0.5, 0.6) is 0 Å². The van der Waals surface area contributed by atoms with Gasteiger partial charge >= 0.3 is 0 Å². The zero-order chi connectivity index (χ0) is 5.98. The molecule has 0 fully saturated rings. The minimum absolute atomic E-state index is 0.0903. The maximum absolute atomic E-state index is 10.5. The fourth-order valence-corrected chi connectivity index (χ4v) is 0.573. The Morgan fingerprint density at radius 2 is 2.62 bits per heavy atom. The smallest absolute Gasteiger partial charge is 0.257 e. The van der Waals surface area contributed by atoms with Gasteiger partial charge in [0.15, 0.2) is 6.10 Å². The fraction of sp³-hybridized carbons (Fsp3) is 0.400. The van der Waals surface area contributed by atoms with E-state index in [1.54, 1.807) is 12.3 Å². The van der Waals surface area contributed by atoms with E-state index in [0.717, 1.165) is 0 Å². The summed E-state index contributed by atoms with van der Waals surface area (Å²) in [4.78, 5) is 10.5. The van der Waals surface area contributed by atoms with E-state index < -0.39 is 0 Å². The predicted octanol–water partition coefficient (Wildman–Crippen LogP) is -0.355. The standard InChI is InChI=1S/C5H7NO2/c1-8-4-2-3-6-5(4)7/h2-4H,1H3,(H,6,7). The highest BCUT2D eigenvalue weighted by Crippen LogP contribution is 1.97. The molecule has 3 nitrogen and oxygen atoms in total. The Kier molecular flexibility index (Phi) is 1.30. The van der Waals surface area contributed by atoms with Gasteiger partial charge in [-0.25, -0.2) is 0 Å². The molecule has 0 bridgehead atoms. The molecule has 0 spiro atoms. The van der Waals surface area contributed by atoms with Crippen molar-refractivity contribution in [2.24, 2.45) is 0 Å². The summed E-state index contributed by atoms with van der Waals surface area (Å²) in [6.45, 7) is 0. The summed E-state index contributed by atoms with van der Waals surface area (Å²) in [7, 11) is 1.50. The molecule has 44 valence electrons. The summed E-state index contributed by atoms with van der Waals surface area (Å²) >= 11 is 0. The van der Waals surface area contributed by atoms with Gasteiger partial charge in [0, 0.05) is 13.3 Å². The molecule has 1 rings (SSSR count). The summed E-state index contributed by atoms with van der Waals surface area (Å²) in [5.74, 6) is -0.0903. The normalized spacial score (nSPS) is 26.1. The van der Waals surface area contributed by atoms with Crippen molar-refractivity contribution in [1.29, 1.82) is 0 Å². The van der Waals surface area contributed by atoms with Crippen molar-refractivity contribution in [1.82, 2.24) is 5.32 Å². The number of amides is 1. The molecule has 0 aliphatic carbocycles. The zero-order valence-electron chi connectivity index (χ0n) is 4.55. The van der Waals surface area contributed by atoms with Crippen LogP contribution in [0.2, 0.25) is 0 Å². The first-order chi connectivity index (χ1) is 3.84. The molecule has 1 amide bonds. The van der Waals surface area contributed by atoms with Gasteiger partial charge in [0.2, 0.25) is 0 Å². The van der Waals surface area contributed by atoms with Crippen LogP contribution < -0.4 is 5.32 Å². The van der Waals surface area contributed by atoms with E-state index in [0.29, 0.717) is 0 Å². The molecular weight excluding hydrogens is 106 g/mol. The molecule has 1 heterocycles. The number of carbonyl (C=O) groups excluding carboxylic acids is 1. The fourth-order valence-electron chi connectivity index (χ4n) is 0.573. The highest BCUT2D eigenvalue weighted by atomic mass is 16.5. The Balaban J connectivity index is 2.53. The van der Waals surface area contributed by atoms with Gasteiger partial charge in [-0.2, -0.15) is 0 Å². The summed E-state index contributed by atoms with van der Waals surface area (Å²) in [6.07, 6.45) is 2.88. The van der Waals surface area contributed by atoms with Gasteiger partial charge in [0.25, 0.3) is 5.91 Å². The summed E-state index contributed by atoms with van der Waals surface area (Å²) in [5.41, 5.74) is 0. The number of methoxy groups -OCH3 is 1. The molecular formula is C5H7NO2. The molecule has 0 aromatic carbocycles. The second-order valence-electron chi connectivity index (χ2n) is 1.52. The molecule has 3 heteroatoms. The van der Waals surface area contributed by atoms with Crippen molar-refractivity contribution in [3.05, 3.63) is 12.3 Å². The molecule has 0 saturated heterocycles. The van der Waals surface area contributed by atoms with Gasteiger partial charge < -0.3 is 10.1 Å². The number of carbonyl (C=O) groups is 1. The lowest BCUT2D eigenvalue weighted by molar-refractivity contribution is -0.126. The first-order valence-corrected chi connectivity index (χ1v) is 2.34. The van der Waals surface area contributed by atoms with Gasteiger partial charge in [0.1, 0.15) is 0 Å². The molecule has 1 aliphatic heterocycles. The SMILES string of the molecule is COC1C=CNC1=O. The van der Waals surface area contributed by atoms with Crippen molar-refractivity contribution in [2.45, 2.75) is 6.10 Å². The lowest BCUT2D eigenvalue weighted by atomic mass is 10.4. The third kappa shape index (κ3) is 0.721. The third-order valence-electron chi connectivity index (χ3n) is 1.01. The minimum Gasteiger partial charge on any atom is -0.367 e. The lowest BCUT2D eigenvalue weighted by Crippen LogP contribution is -2.24. The van der Waals surface area contributed by atoms with Gasteiger partial charge in [-0.05, 0) is 6.08 Å². The number of rotatable bonds is 1. The van der Waals surface area contributed by atoms with Crippen LogP contribution in [-0.2, 0) is 9.53 Å². The second-order valence-corrected chi connectivity index (χ2v) is 1.52. The van der Waals surface area contributed by atoms with E-state index in [4.69, 9.17) is 4.74 Å². The molecule has 1 aliphatic rings. The molecule has 8 heavy (non-hydrogen) atoms. The molecule has 0 aromatic rings. The third-order valence-corrected chi connectivity index (χ3v) is 1.01. The molecule has 1 atom stereocenters. The summed E-state index contributed by atoms with van der Waals surface area (Å²) in [5, 5.41) is 2.48. The molecule has 0 radical (unpaired) electrons. The van der Waals surface area contributed by atoms with E-state index in [-0.39, 0.29) is 12.0 Å². The second kappa shape index (κ2) is 1.96. The van der Waals surface area contributed by atoms with Gasteiger partial charge in [0.05, 0.1) is 0 Å². The van der Waals surface area contributed by atoms with Gasteiger partial charge in [-0.3, -0.25) is 4.79 Å². The van der Waals surface area contributed by atoms with E-state index in [1.165, 1.54) is 7.11 Å². The Morgan fingerprint density at radius 1 is 1.88 bits per heavy atom. The van der Waals surface area contributed by atoms with E-state index in [9.17, 15) is 4.79 Å². The maximum atomic E-state index is 10.5. The largest absolute Gasteiger partial charge is 0.367 e. The van der Waals surface area contributed by atoms with Crippen molar-refractivity contribution in [3.63, 3.8) is 0 Å². The topological polar surface area (TPSA) is 38.3 Å². The Bertz CT molecular complexity index is 130. The van der Waals surface area contributed by atoms with Crippen LogP contribution in [0.1, 0.15) is 0 Å². The van der Waals surface area contributed by atoms with E-state index in [1.807, 2.05) is 0 Å². The van der Waals surface area contributed by atoms with E-state index >= 15 is 0 Å². The quantitative estimate of drug-likeness (QED) is 0.504. The number of nitrogens with one attached hydrogen (secondary N) is 1. The number of hydrogen-bond donors (Lipinski definition) is 1. The zero-order valence-corrected chi connectivity index (χ0v) is 4.55. The Hall–Kier alpha value is -0.830. The maximum Gasteiger partial charge on any atom is 0.257 e. The van der Waals surface area contributed by atoms with Crippen LogP contribution in [0.15, 0.2) is 12.3 Å². The van der Waals surface area contributed by atoms with E-state index in [2.05, 4.69) is 5.32 Å². The van der Waals surface area contributed by atoms with Crippen molar-refractivity contribution in [2.75, 3.05) is 7.11 Å². The van der Waals surface area contributed by atoms with Gasteiger partial charge in [-0.15, -0.1) is 0 Å². The van der Waals surface area contributed by atoms with Gasteiger partial charge in [-0.1, -0.05) is 0 Å². The van der Waals surface area contributed by atoms with Crippen LogP contribution >= 0.6 is 0 Å².